The summed E-state index contributed by atoms with van der Waals surface area (Å²) in [7, 11) is -2.89. The first-order valence-electron chi connectivity index (χ1n) is 12.0. The lowest BCUT2D eigenvalue weighted by molar-refractivity contribution is 0.0719. The fourth-order valence-electron chi connectivity index (χ4n) is 4.24. The number of nitrogens with zero attached hydrogens (tertiary/aromatic N) is 1. The highest BCUT2D eigenvalue weighted by Gasteiger charge is 2.23. The Morgan fingerprint density at radius 3 is 2.38 bits per heavy atom. The van der Waals surface area contributed by atoms with E-state index in [0.29, 0.717) is 16.9 Å². The van der Waals surface area contributed by atoms with E-state index in [9.17, 15) is 17.6 Å². The molecule has 7 nitrogen and oxygen atoms in total. The van der Waals surface area contributed by atoms with Crippen molar-refractivity contribution in [3.63, 3.8) is 0 Å². The van der Waals surface area contributed by atoms with Gasteiger partial charge < -0.3 is 18.2 Å². The SMILES string of the molecule is COc1ccc(CN(Cc2ccco2)C(=O)c2cccc3ccccc23)cc1OS(=O)(=O)c1ccc(F)cc1. The van der Waals surface area contributed by atoms with Crippen molar-refractivity contribution in [2.75, 3.05) is 7.11 Å². The molecule has 0 radical (unpaired) electrons. The number of furan rings is 1. The lowest BCUT2D eigenvalue weighted by atomic mass is 10.0. The van der Waals surface area contributed by atoms with Crippen molar-refractivity contribution in [2.24, 2.45) is 0 Å². The van der Waals surface area contributed by atoms with Crippen molar-refractivity contribution >= 4 is 26.8 Å². The lowest BCUT2D eigenvalue weighted by Gasteiger charge is -2.23. The molecule has 0 saturated heterocycles. The van der Waals surface area contributed by atoms with E-state index in [1.807, 2.05) is 36.4 Å². The van der Waals surface area contributed by atoms with Crippen LogP contribution in [-0.2, 0) is 23.2 Å². The Labute approximate surface area is 225 Å². The Kier molecular flexibility index (Phi) is 7.33. The molecule has 1 heterocycles. The molecule has 1 amide bonds. The summed E-state index contributed by atoms with van der Waals surface area (Å²) < 4.78 is 55.3. The van der Waals surface area contributed by atoms with E-state index in [2.05, 4.69) is 0 Å². The number of carbonyl (C=O) groups is 1. The van der Waals surface area contributed by atoms with Gasteiger partial charge in [-0.25, -0.2) is 4.39 Å². The summed E-state index contributed by atoms with van der Waals surface area (Å²) in [6.07, 6.45) is 1.54. The maximum atomic E-state index is 13.8. The average molecular weight is 546 g/mol. The second kappa shape index (κ2) is 11.0. The average Bonchev–Trinajstić information content (AvgIpc) is 3.45. The Morgan fingerprint density at radius 1 is 0.872 bits per heavy atom. The van der Waals surface area contributed by atoms with E-state index < -0.39 is 15.9 Å². The first kappa shape index (κ1) is 26.0. The normalized spacial score (nSPS) is 11.3. The Bertz CT molecular complexity index is 1710. The highest BCUT2D eigenvalue weighted by Crippen LogP contribution is 2.32. The maximum Gasteiger partial charge on any atom is 0.339 e. The zero-order valence-electron chi connectivity index (χ0n) is 20.9. The number of ether oxygens (including phenoxy) is 1. The van der Waals surface area contributed by atoms with E-state index in [0.717, 1.165) is 35.0 Å². The van der Waals surface area contributed by atoms with Gasteiger partial charge in [0.15, 0.2) is 11.5 Å². The third-order valence-corrected chi connectivity index (χ3v) is 7.39. The topological polar surface area (TPSA) is 86.0 Å². The van der Waals surface area contributed by atoms with Gasteiger partial charge in [-0.3, -0.25) is 4.79 Å². The number of rotatable bonds is 9. The van der Waals surface area contributed by atoms with E-state index in [-0.39, 0.29) is 35.4 Å². The molecule has 0 spiro atoms. The minimum absolute atomic E-state index is 0.0603. The predicted molar refractivity (Wildman–Crippen MR) is 143 cm³/mol. The van der Waals surface area contributed by atoms with Crippen LogP contribution in [0.15, 0.2) is 113 Å². The molecular weight excluding hydrogens is 521 g/mol. The molecule has 0 aliphatic heterocycles. The van der Waals surface area contributed by atoms with E-state index in [1.165, 1.54) is 19.4 Å². The van der Waals surface area contributed by atoms with Crippen LogP contribution >= 0.6 is 0 Å². The molecule has 5 rings (SSSR count). The molecule has 0 fully saturated rings. The van der Waals surface area contributed by atoms with Gasteiger partial charge >= 0.3 is 10.1 Å². The molecule has 0 aliphatic rings. The van der Waals surface area contributed by atoms with Crippen molar-refractivity contribution in [1.82, 2.24) is 4.90 Å². The number of amides is 1. The molecule has 198 valence electrons. The third kappa shape index (κ3) is 5.78. The molecule has 39 heavy (non-hydrogen) atoms. The number of hydrogen-bond acceptors (Lipinski definition) is 6. The fourth-order valence-corrected chi connectivity index (χ4v) is 5.18. The zero-order chi connectivity index (χ0) is 27.4. The molecule has 0 atom stereocenters. The summed E-state index contributed by atoms with van der Waals surface area (Å²) in [5, 5.41) is 1.76. The Morgan fingerprint density at radius 2 is 1.64 bits per heavy atom. The molecule has 0 saturated carbocycles. The quantitative estimate of drug-likeness (QED) is 0.205. The van der Waals surface area contributed by atoms with Crippen LogP contribution in [0.25, 0.3) is 10.8 Å². The van der Waals surface area contributed by atoms with E-state index in [4.69, 9.17) is 13.3 Å². The van der Waals surface area contributed by atoms with Gasteiger partial charge in [-0.15, -0.1) is 0 Å². The maximum absolute atomic E-state index is 13.8. The summed E-state index contributed by atoms with van der Waals surface area (Å²) in [5.41, 5.74) is 1.13. The Hall–Kier alpha value is -4.63. The monoisotopic (exact) mass is 545 g/mol. The first-order valence-corrected chi connectivity index (χ1v) is 13.4. The van der Waals surface area contributed by atoms with Crippen LogP contribution in [0.3, 0.4) is 0 Å². The van der Waals surface area contributed by atoms with Crippen LogP contribution in [0, 0.1) is 5.82 Å². The number of fused-ring (bicyclic) bond motifs is 1. The summed E-state index contributed by atoms with van der Waals surface area (Å²) in [6.45, 7) is 0.310. The molecule has 0 N–H and O–H groups in total. The molecule has 0 aliphatic carbocycles. The molecule has 0 unspecified atom stereocenters. The van der Waals surface area contributed by atoms with Crippen molar-refractivity contribution in [3.05, 3.63) is 126 Å². The lowest BCUT2D eigenvalue weighted by Crippen LogP contribution is -2.30. The first-order chi connectivity index (χ1) is 18.8. The van der Waals surface area contributed by atoms with Gasteiger partial charge in [0.25, 0.3) is 5.91 Å². The second-order valence-electron chi connectivity index (χ2n) is 8.74. The minimum Gasteiger partial charge on any atom is -0.493 e. The number of carbonyl (C=O) groups excluding carboxylic acids is 1. The summed E-state index contributed by atoms with van der Waals surface area (Å²) >= 11 is 0. The predicted octanol–water partition coefficient (Wildman–Crippen LogP) is 6.19. The van der Waals surface area contributed by atoms with Crippen LogP contribution in [0.4, 0.5) is 4.39 Å². The van der Waals surface area contributed by atoms with Crippen LogP contribution in [0.5, 0.6) is 11.5 Å². The number of hydrogen-bond donors (Lipinski definition) is 0. The molecule has 5 aromatic rings. The van der Waals surface area contributed by atoms with Crippen LogP contribution in [0.1, 0.15) is 21.7 Å². The van der Waals surface area contributed by atoms with Crippen LogP contribution < -0.4 is 8.92 Å². The van der Waals surface area contributed by atoms with Crippen molar-refractivity contribution in [3.8, 4) is 11.5 Å². The van der Waals surface area contributed by atoms with Crippen LogP contribution in [-0.4, -0.2) is 26.3 Å². The largest absolute Gasteiger partial charge is 0.493 e. The van der Waals surface area contributed by atoms with Gasteiger partial charge in [-0.05, 0) is 70.9 Å². The number of halogens is 1. The van der Waals surface area contributed by atoms with Gasteiger partial charge in [0.05, 0.1) is 19.9 Å². The van der Waals surface area contributed by atoms with Gasteiger partial charge in [0.2, 0.25) is 0 Å². The summed E-state index contributed by atoms with van der Waals surface area (Å²) in [4.78, 5) is 15.2. The van der Waals surface area contributed by atoms with Crippen molar-refractivity contribution < 1.29 is 30.9 Å². The van der Waals surface area contributed by atoms with Gasteiger partial charge in [-0.2, -0.15) is 8.42 Å². The van der Waals surface area contributed by atoms with Gasteiger partial charge in [-0.1, -0.05) is 42.5 Å². The Balaban J connectivity index is 1.48. The minimum atomic E-state index is -4.27. The fraction of sp³-hybridized carbons (Fsp3) is 0.100. The molecule has 1 aromatic heterocycles. The number of methoxy groups -OCH3 is 1. The van der Waals surface area contributed by atoms with Gasteiger partial charge in [0, 0.05) is 12.1 Å². The smallest absolute Gasteiger partial charge is 0.339 e. The number of benzene rings is 4. The van der Waals surface area contributed by atoms with E-state index in [1.54, 1.807) is 35.2 Å². The standard InChI is InChI=1S/C30H24FNO6S/c1-36-28-16-11-21(18-29(28)38-39(34,35)25-14-12-23(31)13-15-25)19-32(20-24-8-5-17-37-24)30(33)27-10-4-7-22-6-2-3-9-26(22)27/h2-18H,19-20H2,1H3. The molecule has 9 heteroatoms. The summed E-state index contributed by atoms with van der Waals surface area (Å²) in [6, 6.07) is 25.8. The van der Waals surface area contributed by atoms with Crippen molar-refractivity contribution in [2.45, 2.75) is 18.0 Å². The van der Waals surface area contributed by atoms with Crippen LogP contribution in [0.2, 0.25) is 0 Å². The molecule has 4 aromatic carbocycles. The molecule has 0 bridgehead atoms. The van der Waals surface area contributed by atoms with E-state index >= 15 is 0 Å². The highest BCUT2D eigenvalue weighted by molar-refractivity contribution is 7.87. The highest BCUT2D eigenvalue weighted by atomic mass is 32.2. The third-order valence-electron chi connectivity index (χ3n) is 6.14. The second-order valence-corrected chi connectivity index (χ2v) is 10.3. The zero-order valence-corrected chi connectivity index (χ0v) is 21.7. The van der Waals surface area contributed by atoms with Gasteiger partial charge in [0.1, 0.15) is 16.5 Å². The van der Waals surface area contributed by atoms with Crippen molar-refractivity contribution in [1.29, 1.82) is 0 Å². The summed E-state index contributed by atoms with van der Waals surface area (Å²) in [5.74, 6) is -0.0776. The molecular formula is C30H24FNO6S.